The molecule has 0 saturated heterocycles. The van der Waals surface area contributed by atoms with Crippen LogP contribution in [0.3, 0.4) is 0 Å². The van der Waals surface area contributed by atoms with Gasteiger partial charge in [-0.15, -0.1) is 0 Å². The number of carbonyl (C=O) groups excluding carboxylic acids is 2. The van der Waals surface area contributed by atoms with Gasteiger partial charge in [-0.1, -0.05) is 13.2 Å². The molecule has 8 heteroatoms. The molecule has 0 amide bonds. The van der Waals surface area contributed by atoms with Crippen molar-refractivity contribution in [1.29, 1.82) is 0 Å². The Morgan fingerprint density at radius 2 is 1.25 bits per heavy atom. The molecule has 4 nitrogen and oxygen atoms in total. The second kappa shape index (κ2) is 6.06. The first kappa shape index (κ1) is 18.1. The Bertz CT molecular complexity index is 409. The Balaban J connectivity index is 5.37. The predicted molar refractivity (Wildman–Crippen MR) is 61.2 cm³/mol. The molecule has 114 valence electrons. The minimum atomic E-state index is -4.91. The highest BCUT2D eigenvalue weighted by Crippen LogP contribution is 2.38. The third-order valence-electron chi connectivity index (χ3n) is 2.01. The number of esters is 2. The Kier molecular flexibility index (Phi) is 5.50. The first-order chi connectivity index (χ1) is 8.80. The van der Waals surface area contributed by atoms with Crippen LogP contribution >= 0.6 is 0 Å². The van der Waals surface area contributed by atoms with Gasteiger partial charge in [0, 0.05) is 18.1 Å². The van der Waals surface area contributed by atoms with Gasteiger partial charge in [0.15, 0.2) is 0 Å². The molecule has 0 saturated carbocycles. The maximum atomic E-state index is 13.5. The normalized spacial score (nSPS) is 12.0. The van der Waals surface area contributed by atoms with E-state index in [0.29, 0.717) is 0 Å². The Morgan fingerprint density at radius 1 is 0.950 bits per heavy atom. The molecule has 0 unspecified atom stereocenters. The molecule has 0 heterocycles. The zero-order chi connectivity index (χ0) is 16.3. The minimum absolute atomic E-state index is 0.0940. The molecule has 0 aromatic heterocycles. The summed E-state index contributed by atoms with van der Waals surface area (Å²) in [6.45, 7) is 8.34. The van der Waals surface area contributed by atoms with E-state index in [-0.39, 0.29) is 18.1 Å². The largest absolute Gasteiger partial charge is 0.415 e. The van der Waals surface area contributed by atoms with Gasteiger partial charge in [-0.2, -0.15) is 17.6 Å². The average Bonchev–Trinajstić information content (AvgIpc) is 2.25. The average molecular weight is 298 g/mol. The molecule has 0 atom stereocenters. The van der Waals surface area contributed by atoms with Crippen molar-refractivity contribution < 1.29 is 36.6 Å². The molecule has 0 rings (SSSR count). The molecule has 0 aromatic carbocycles. The third kappa shape index (κ3) is 4.36. The van der Waals surface area contributed by atoms with E-state index < -0.39 is 30.1 Å². The first-order valence-corrected chi connectivity index (χ1v) is 5.29. The van der Waals surface area contributed by atoms with Gasteiger partial charge in [0.2, 0.25) is 0 Å². The van der Waals surface area contributed by atoms with E-state index in [2.05, 4.69) is 22.6 Å². The number of halogens is 4. The summed E-state index contributed by atoms with van der Waals surface area (Å²) in [6, 6.07) is 0. The van der Waals surface area contributed by atoms with E-state index in [1.54, 1.807) is 0 Å². The van der Waals surface area contributed by atoms with Crippen molar-refractivity contribution in [3.05, 3.63) is 24.3 Å². The van der Waals surface area contributed by atoms with E-state index in [4.69, 9.17) is 0 Å². The van der Waals surface area contributed by atoms with Gasteiger partial charge in [-0.3, -0.25) is 0 Å². The number of alkyl halides is 4. The van der Waals surface area contributed by atoms with Crippen LogP contribution in [0.2, 0.25) is 0 Å². The Labute approximate surface area is 113 Å². The summed E-state index contributed by atoms with van der Waals surface area (Å²) in [6.07, 6.45) is -3.09. The van der Waals surface area contributed by atoms with Crippen molar-refractivity contribution in [3.8, 4) is 0 Å². The standard InChI is InChI=1S/C12H14F4O4/c1-6(2)8(17)19-10(20-9(18)7(3)4)12(15,16)11(5,13)14/h10H,1,3H2,2,4-5H3. The molecular weight excluding hydrogens is 284 g/mol. The van der Waals surface area contributed by atoms with Gasteiger partial charge in [-0.25, -0.2) is 9.59 Å². The fraction of sp³-hybridized carbons (Fsp3) is 0.500. The van der Waals surface area contributed by atoms with E-state index in [1.807, 2.05) is 0 Å². The molecule has 0 spiro atoms. The molecule has 0 radical (unpaired) electrons. The summed E-state index contributed by atoms with van der Waals surface area (Å²) in [5, 5.41) is 0. The second-order valence-corrected chi connectivity index (χ2v) is 4.21. The van der Waals surface area contributed by atoms with E-state index in [0.717, 1.165) is 13.8 Å². The van der Waals surface area contributed by atoms with Crippen LogP contribution in [-0.2, 0) is 19.1 Å². The summed E-state index contributed by atoms with van der Waals surface area (Å²) in [5.41, 5.74) is -0.645. The van der Waals surface area contributed by atoms with Crippen molar-refractivity contribution in [2.24, 2.45) is 0 Å². The van der Waals surface area contributed by atoms with Crippen LogP contribution in [0.5, 0.6) is 0 Å². The van der Waals surface area contributed by atoms with Gasteiger partial charge < -0.3 is 9.47 Å². The fourth-order valence-corrected chi connectivity index (χ4v) is 0.775. The van der Waals surface area contributed by atoms with Crippen molar-refractivity contribution in [2.75, 3.05) is 0 Å². The Hall–Kier alpha value is -1.86. The van der Waals surface area contributed by atoms with Gasteiger partial charge in [0.1, 0.15) is 0 Å². The van der Waals surface area contributed by atoms with Gasteiger partial charge in [0.05, 0.1) is 0 Å². The molecule has 0 fully saturated rings. The SMILES string of the molecule is C=C(C)C(=O)OC(OC(=O)C(=C)C)C(F)(F)C(C)(F)F. The number of hydrogen-bond donors (Lipinski definition) is 0. The molecule has 0 N–H and O–H groups in total. The van der Waals surface area contributed by atoms with E-state index in [1.165, 1.54) is 0 Å². The van der Waals surface area contributed by atoms with Gasteiger partial charge in [-0.05, 0) is 13.8 Å². The lowest BCUT2D eigenvalue weighted by atomic mass is 10.2. The maximum absolute atomic E-state index is 13.5. The molecular formula is C12H14F4O4. The highest BCUT2D eigenvalue weighted by Gasteiger charge is 2.62. The summed E-state index contributed by atoms with van der Waals surface area (Å²) >= 11 is 0. The smallest absolute Gasteiger partial charge is 0.381 e. The second-order valence-electron chi connectivity index (χ2n) is 4.21. The van der Waals surface area contributed by atoms with Crippen LogP contribution < -0.4 is 0 Å². The third-order valence-corrected chi connectivity index (χ3v) is 2.01. The summed E-state index contributed by atoms with van der Waals surface area (Å²) < 4.78 is 60.9. The topological polar surface area (TPSA) is 52.6 Å². The minimum Gasteiger partial charge on any atom is -0.415 e. The maximum Gasteiger partial charge on any atom is 0.381 e. The number of rotatable bonds is 6. The van der Waals surface area contributed by atoms with Crippen molar-refractivity contribution in [2.45, 2.75) is 38.9 Å². The quantitative estimate of drug-likeness (QED) is 0.327. The molecule has 20 heavy (non-hydrogen) atoms. The first-order valence-electron chi connectivity index (χ1n) is 5.29. The molecule has 0 aromatic rings. The lowest BCUT2D eigenvalue weighted by Crippen LogP contribution is -2.51. The molecule has 0 aliphatic rings. The zero-order valence-electron chi connectivity index (χ0n) is 11.1. The molecule has 0 aliphatic carbocycles. The van der Waals surface area contributed by atoms with Crippen molar-refractivity contribution in [3.63, 3.8) is 0 Å². The summed E-state index contributed by atoms with van der Waals surface area (Å²) in [5.74, 6) is -12.3. The van der Waals surface area contributed by atoms with Crippen LogP contribution in [-0.4, -0.2) is 30.1 Å². The number of carbonyl (C=O) groups is 2. The van der Waals surface area contributed by atoms with Crippen molar-refractivity contribution >= 4 is 11.9 Å². The number of ether oxygens (including phenoxy) is 2. The summed E-state index contributed by atoms with van der Waals surface area (Å²) in [7, 11) is 0. The highest BCUT2D eigenvalue weighted by atomic mass is 19.3. The molecule has 0 bridgehead atoms. The van der Waals surface area contributed by atoms with Crippen LogP contribution in [0.15, 0.2) is 24.3 Å². The van der Waals surface area contributed by atoms with Crippen LogP contribution in [0.25, 0.3) is 0 Å². The van der Waals surface area contributed by atoms with Crippen LogP contribution in [0.4, 0.5) is 17.6 Å². The highest BCUT2D eigenvalue weighted by molar-refractivity contribution is 5.88. The molecule has 0 aliphatic heterocycles. The lowest BCUT2D eigenvalue weighted by molar-refractivity contribution is -0.303. The van der Waals surface area contributed by atoms with E-state index in [9.17, 15) is 27.2 Å². The van der Waals surface area contributed by atoms with Crippen LogP contribution in [0, 0.1) is 0 Å². The monoisotopic (exact) mass is 298 g/mol. The van der Waals surface area contributed by atoms with E-state index >= 15 is 0 Å². The van der Waals surface area contributed by atoms with Gasteiger partial charge in [0.25, 0.3) is 0 Å². The predicted octanol–water partition coefficient (Wildman–Crippen LogP) is 2.84. The van der Waals surface area contributed by atoms with Crippen LogP contribution in [0.1, 0.15) is 20.8 Å². The number of hydrogen-bond acceptors (Lipinski definition) is 4. The zero-order valence-corrected chi connectivity index (χ0v) is 11.1. The fourth-order valence-electron chi connectivity index (χ4n) is 0.775. The Morgan fingerprint density at radius 3 is 1.45 bits per heavy atom. The van der Waals surface area contributed by atoms with Gasteiger partial charge >= 0.3 is 30.1 Å². The summed E-state index contributed by atoms with van der Waals surface area (Å²) in [4.78, 5) is 22.3. The van der Waals surface area contributed by atoms with Crippen molar-refractivity contribution in [1.82, 2.24) is 0 Å². The lowest BCUT2D eigenvalue weighted by Gasteiger charge is -2.29.